The maximum atomic E-state index is 2.55. The van der Waals surface area contributed by atoms with E-state index in [0.29, 0.717) is 11.1 Å². The molecule has 26 heavy (non-hydrogen) atoms. The Labute approximate surface area is 173 Å². The van der Waals surface area contributed by atoms with Gasteiger partial charge in [0.15, 0.2) is 0 Å². The summed E-state index contributed by atoms with van der Waals surface area (Å²) in [7, 11) is -1.61. The molecule has 0 saturated heterocycles. The van der Waals surface area contributed by atoms with Gasteiger partial charge < -0.3 is 1.43 Å². The fourth-order valence-corrected chi connectivity index (χ4v) is 11.8. The van der Waals surface area contributed by atoms with Gasteiger partial charge in [0.05, 0.1) is 8.07 Å². The zero-order valence-electron chi connectivity index (χ0n) is 17.4. The average Bonchev–Trinajstić information content (AvgIpc) is 3.26. The molecular formula is C24H29LiSi. The van der Waals surface area contributed by atoms with Gasteiger partial charge >= 0.3 is 18.9 Å². The molecule has 0 fully saturated rings. The summed E-state index contributed by atoms with van der Waals surface area (Å²) in [6, 6.07) is 21.0. The van der Waals surface area contributed by atoms with Crippen molar-refractivity contribution in [1.29, 1.82) is 0 Å². The molecule has 0 amide bonds. The second-order valence-electron chi connectivity index (χ2n) is 7.66. The number of rotatable bonds is 6. The van der Waals surface area contributed by atoms with Crippen molar-refractivity contribution in [2.24, 2.45) is 0 Å². The Balaban J connectivity index is 0.00000131. The van der Waals surface area contributed by atoms with Crippen LogP contribution in [0.4, 0.5) is 0 Å². The Morgan fingerprint density at radius 1 is 0.731 bits per heavy atom. The molecule has 2 aliphatic carbocycles. The second kappa shape index (κ2) is 8.18. The molecule has 0 aromatic heterocycles. The average molecular weight is 353 g/mol. The van der Waals surface area contributed by atoms with E-state index in [9.17, 15) is 0 Å². The van der Waals surface area contributed by atoms with Gasteiger partial charge in [-0.2, -0.15) is 0 Å². The van der Waals surface area contributed by atoms with E-state index in [1.807, 2.05) is 0 Å². The predicted octanol–water partition coefficient (Wildman–Crippen LogP) is 4.07. The molecule has 0 nitrogen and oxygen atoms in total. The van der Waals surface area contributed by atoms with Crippen molar-refractivity contribution in [3.8, 4) is 0 Å². The molecule has 0 aliphatic heterocycles. The first kappa shape index (κ1) is 19.5. The summed E-state index contributed by atoms with van der Waals surface area (Å²) in [6.07, 6.45) is 12.5. The van der Waals surface area contributed by atoms with Gasteiger partial charge in [-0.3, -0.25) is 0 Å². The van der Waals surface area contributed by atoms with Crippen molar-refractivity contribution in [3.63, 3.8) is 0 Å². The van der Waals surface area contributed by atoms with E-state index < -0.39 is 8.07 Å². The van der Waals surface area contributed by atoms with E-state index in [1.54, 1.807) is 11.1 Å². The fourth-order valence-electron chi connectivity index (χ4n) is 5.37. The van der Waals surface area contributed by atoms with Crippen LogP contribution in [0.2, 0.25) is 12.1 Å². The van der Waals surface area contributed by atoms with Crippen LogP contribution in [0.1, 0.15) is 61.5 Å². The van der Waals surface area contributed by atoms with Gasteiger partial charge in [-0.05, 0) is 33.3 Å². The van der Waals surface area contributed by atoms with Gasteiger partial charge in [0.1, 0.15) is 0 Å². The summed E-state index contributed by atoms with van der Waals surface area (Å²) in [5.74, 6) is 0. The first-order valence-electron chi connectivity index (χ1n) is 9.84. The van der Waals surface area contributed by atoms with Crippen LogP contribution < -0.4 is 18.9 Å². The summed E-state index contributed by atoms with van der Waals surface area (Å²) in [5, 5.41) is 0. The number of hydrogen-bond donors (Lipinski definition) is 0. The normalized spacial score (nSPS) is 19.9. The molecule has 0 heterocycles. The second-order valence-corrected chi connectivity index (χ2v) is 12.4. The smallest absolute Gasteiger partial charge is 1.00 e. The number of benzene rings is 2. The van der Waals surface area contributed by atoms with Gasteiger partial charge in [0.2, 0.25) is 0 Å². The van der Waals surface area contributed by atoms with Crippen LogP contribution in [0, 0.1) is 0 Å². The summed E-state index contributed by atoms with van der Waals surface area (Å²) in [5.41, 5.74) is 7.40. The van der Waals surface area contributed by atoms with E-state index in [2.05, 4.69) is 86.7 Å². The molecule has 2 heteroatoms. The van der Waals surface area contributed by atoms with Crippen molar-refractivity contribution >= 4 is 20.2 Å². The largest absolute Gasteiger partial charge is 1.00 e. The molecule has 4 rings (SSSR count). The molecule has 0 saturated carbocycles. The molecule has 2 atom stereocenters. The van der Waals surface area contributed by atoms with Crippen LogP contribution in [0.25, 0.3) is 12.2 Å². The van der Waals surface area contributed by atoms with Crippen LogP contribution in [0.3, 0.4) is 0 Å². The minimum absolute atomic E-state index is 0. The van der Waals surface area contributed by atoms with Crippen LogP contribution in [0.5, 0.6) is 0 Å². The molecule has 2 aliphatic rings. The first-order valence-corrected chi connectivity index (χ1v) is 12.4. The van der Waals surface area contributed by atoms with Gasteiger partial charge in [0.25, 0.3) is 0 Å². The molecule has 130 valence electrons. The Hall–Kier alpha value is -1.27. The first-order chi connectivity index (χ1) is 12.3. The van der Waals surface area contributed by atoms with E-state index in [0.717, 1.165) is 0 Å². The summed E-state index contributed by atoms with van der Waals surface area (Å²) >= 11 is 0. The molecule has 0 N–H and O–H groups in total. The minimum Gasteiger partial charge on any atom is -1.00 e. The van der Waals surface area contributed by atoms with Crippen LogP contribution in [-0.2, 0) is 0 Å². The SMILES string of the molecule is CCC[Si](CCC)(C1C=Cc2ccccc21)C1C=Cc2ccccc21.[H-].[Li+]. The van der Waals surface area contributed by atoms with E-state index in [-0.39, 0.29) is 20.3 Å². The Morgan fingerprint density at radius 2 is 1.15 bits per heavy atom. The molecule has 2 unspecified atom stereocenters. The topological polar surface area (TPSA) is 0 Å². The van der Waals surface area contributed by atoms with Crippen molar-refractivity contribution in [2.75, 3.05) is 0 Å². The van der Waals surface area contributed by atoms with Crippen LogP contribution in [-0.4, -0.2) is 8.07 Å². The molecule has 0 radical (unpaired) electrons. The Bertz CT molecular complexity index is 757. The zero-order chi connectivity index (χ0) is 17.3. The minimum atomic E-state index is -1.61. The van der Waals surface area contributed by atoms with Crippen LogP contribution >= 0.6 is 0 Å². The van der Waals surface area contributed by atoms with Crippen molar-refractivity contribution in [3.05, 3.63) is 82.9 Å². The third kappa shape index (κ3) is 3.11. The molecule has 2 aromatic carbocycles. The van der Waals surface area contributed by atoms with Gasteiger partial charge in [-0.15, -0.1) is 0 Å². The fraction of sp³-hybridized carbons (Fsp3) is 0.333. The number of allylic oxidation sites excluding steroid dienone is 2. The molecular weight excluding hydrogens is 323 g/mol. The maximum absolute atomic E-state index is 2.55. The van der Waals surface area contributed by atoms with Gasteiger partial charge in [-0.25, -0.2) is 0 Å². The number of hydrogen-bond acceptors (Lipinski definition) is 0. The van der Waals surface area contributed by atoms with Gasteiger partial charge in [0, 0.05) is 0 Å². The standard InChI is InChI=1S/C24H28Si.Li.H/c1-3-17-25(18-4-2,23-15-13-19-9-5-7-11-21(19)23)24-16-14-20-10-6-8-12-22(20)24;;/h5-16,23-24H,3-4,17-18H2,1-2H3;;/q;+1;-1. The monoisotopic (exact) mass is 352 g/mol. The van der Waals surface area contributed by atoms with Crippen molar-refractivity contribution in [1.82, 2.24) is 0 Å². The van der Waals surface area contributed by atoms with E-state index in [4.69, 9.17) is 0 Å². The van der Waals surface area contributed by atoms with E-state index >= 15 is 0 Å². The van der Waals surface area contributed by atoms with Crippen molar-refractivity contribution < 1.29 is 20.3 Å². The van der Waals surface area contributed by atoms with Crippen LogP contribution in [0.15, 0.2) is 60.7 Å². The quantitative estimate of drug-likeness (QED) is 0.688. The zero-order valence-corrected chi connectivity index (χ0v) is 17.4. The summed E-state index contributed by atoms with van der Waals surface area (Å²) in [6.45, 7) is 4.76. The molecule has 0 spiro atoms. The molecule has 2 aromatic rings. The summed E-state index contributed by atoms with van der Waals surface area (Å²) < 4.78 is 0. The number of fused-ring (bicyclic) bond motifs is 2. The Kier molecular flexibility index (Phi) is 6.13. The third-order valence-electron chi connectivity index (χ3n) is 6.27. The Morgan fingerprint density at radius 3 is 1.58 bits per heavy atom. The van der Waals surface area contributed by atoms with Crippen molar-refractivity contribution in [2.45, 2.75) is 49.9 Å². The maximum Gasteiger partial charge on any atom is 1.00 e. The summed E-state index contributed by atoms with van der Waals surface area (Å²) in [4.78, 5) is 0. The predicted molar refractivity (Wildman–Crippen MR) is 113 cm³/mol. The third-order valence-corrected chi connectivity index (χ3v) is 12.6. The molecule has 0 bridgehead atoms. The van der Waals surface area contributed by atoms with Gasteiger partial charge in [-0.1, -0.05) is 112 Å². The van der Waals surface area contributed by atoms with E-state index in [1.165, 1.54) is 36.1 Å².